The van der Waals surface area contributed by atoms with Gasteiger partial charge in [-0.3, -0.25) is 9.69 Å². The zero-order chi connectivity index (χ0) is 21.8. The van der Waals surface area contributed by atoms with Gasteiger partial charge in [0.05, 0.1) is 25.3 Å². The Kier molecular flexibility index (Phi) is 5.84. The first-order valence-electron chi connectivity index (χ1n) is 10.0. The van der Waals surface area contributed by atoms with Crippen LogP contribution in [-0.2, 0) is 22.6 Å². The smallest absolute Gasteiger partial charge is 0.338 e. The first-order chi connectivity index (χ1) is 15.0. The van der Waals surface area contributed by atoms with Gasteiger partial charge in [0.2, 0.25) is 0 Å². The van der Waals surface area contributed by atoms with Gasteiger partial charge in [0.1, 0.15) is 18.1 Å². The molecule has 0 spiro atoms. The van der Waals surface area contributed by atoms with Gasteiger partial charge >= 0.3 is 12.0 Å². The van der Waals surface area contributed by atoms with E-state index >= 15 is 0 Å². The maximum Gasteiger partial charge on any atom is 0.338 e. The molecule has 1 saturated heterocycles. The van der Waals surface area contributed by atoms with Crippen LogP contribution in [0.3, 0.4) is 0 Å². The van der Waals surface area contributed by atoms with Gasteiger partial charge in [-0.05, 0) is 36.8 Å². The van der Waals surface area contributed by atoms with Crippen LogP contribution >= 0.6 is 0 Å². The second-order valence-electron chi connectivity index (χ2n) is 7.17. The van der Waals surface area contributed by atoms with Gasteiger partial charge < -0.3 is 14.1 Å². The molecule has 2 aromatic carbocycles. The van der Waals surface area contributed by atoms with Gasteiger partial charge in [-0.15, -0.1) is 0 Å². The van der Waals surface area contributed by atoms with Crippen LogP contribution in [0.1, 0.15) is 28.6 Å². The molecule has 4 rings (SSSR count). The highest BCUT2D eigenvalue weighted by atomic mass is 16.5. The predicted octanol–water partition coefficient (Wildman–Crippen LogP) is 4.09. The number of amides is 3. The van der Waals surface area contributed by atoms with E-state index in [1.54, 1.807) is 43.3 Å². The fraction of sp³-hybridized carbons (Fsp3) is 0.208. The van der Waals surface area contributed by atoms with Crippen molar-refractivity contribution in [2.45, 2.75) is 20.0 Å². The quantitative estimate of drug-likeness (QED) is 0.427. The van der Waals surface area contributed by atoms with E-state index < -0.39 is 0 Å². The molecule has 0 aliphatic carbocycles. The third kappa shape index (κ3) is 4.50. The number of furan rings is 1. The Morgan fingerprint density at radius 2 is 1.71 bits per heavy atom. The minimum atomic E-state index is -0.369. The number of esters is 1. The minimum absolute atomic E-state index is 0.0237. The number of urea groups is 1. The summed E-state index contributed by atoms with van der Waals surface area (Å²) in [6.45, 7) is 2.57. The van der Waals surface area contributed by atoms with Gasteiger partial charge in [0.25, 0.3) is 5.91 Å². The number of hydrogen-bond donors (Lipinski definition) is 0. The van der Waals surface area contributed by atoms with Crippen molar-refractivity contribution in [1.29, 1.82) is 0 Å². The number of carbonyl (C=O) groups is 3. The molecule has 3 aromatic rings. The monoisotopic (exact) mass is 418 g/mol. The molecule has 7 heteroatoms. The molecule has 0 unspecified atom stereocenters. The highest BCUT2D eigenvalue weighted by Crippen LogP contribution is 2.25. The molecule has 0 bridgehead atoms. The molecule has 1 aliphatic rings. The van der Waals surface area contributed by atoms with Crippen molar-refractivity contribution in [3.8, 4) is 11.3 Å². The molecule has 3 amide bonds. The number of rotatable bonds is 7. The van der Waals surface area contributed by atoms with E-state index in [9.17, 15) is 14.4 Å². The number of carbonyl (C=O) groups excluding carboxylic acids is 3. The molecule has 31 heavy (non-hydrogen) atoms. The van der Waals surface area contributed by atoms with Crippen molar-refractivity contribution in [3.05, 3.63) is 83.6 Å². The third-order valence-corrected chi connectivity index (χ3v) is 5.00. The summed E-state index contributed by atoms with van der Waals surface area (Å²) in [6.07, 6.45) is 0. The van der Waals surface area contributed by atoms with E-state index in [2.05, 4.69) is 0 Å². The number of hydrogen-bond acceptors (Lipinski definition) is 5. The van der Waals surface area contributed by atoms with Crippen molar-refractivity contribution in [2.24, 2.45) is 0 Å². The van der Waals surface area contributed by atoms with E-state index in [0.29, 0.717) is 23.7 Å². The van der Waals surface area contributed by atoms with Gasteiger partial charge in [-0.2, -0.15) is 0 Å². The van der Waals surface area contributed by atoms with Crippen molar-refractivity contribution >= 4 is 17.9 Å². The SMILES string of the molecule is CCOC(=O)c1ccc(-c2ccc(CN3CC(=O)N(Cc4ccccc4)C3=O)o2)cc1. The molecule has 1 aliphatic heterocycles. The molecule has 0 N–H and O–H groups in total. The standard InChI is InChI=1S/C24H22N2O5/c1-2-30-23(28)19-10-8-18(9-11-19)21-13-12-20(31-21)15-25-16-22(27)26(24(25)29)14-17-6-4-3-5-7-17/h3-13H,2,14-16H2,1H3. The number of benzene rings is 2. The van der Waals surface area contributed by atoms with Crippen LogP contribution in [0.5, 0.6) is 0 Å². The lowest BCUT2D eigenvalue weighted by atomic mass is 10.1. The van der Waals surface area contributed by atoms with Crippen LogP contribution in [0.2, 0.25) is 0 Å². The highest BCUT2D eigenvalue weighted by molar-refractivity contribution is 6.01. The average molecular weight is 418 g/mol. The Hall–Kier alpha value is -3.87. The Morgan fingerprint density at radius 3 is 2.42 bits per heavy atom. The summed E-state index contributed by atoms with van der Waals surface area (Å²) < 4.78 is 10.9. The fourth-order valence-corrected chi connectivity index (χ4v) is 3.43. The van der Waals surface area contributed by atoms with E-state index in [1.807, 2.05) is 30.3 Å². The van der Waals surface area contributed by atoms with Crippen LogP contribution in [0, 0.1) is 0 Å². The Labute approximate surface area is 179 Å². The normalized spacial score (nSPS) is 13.7. The van der Waals surface area contributed by atoms with E-state index in [4.69, 9.17) is 9.15 Å². The third-order valence-electron chi connectivity index (χ3n) is 5.00. The highest BCUT2D eigenvalue weighted by Gasteiger charge is 2.36. The largest absolute Gasteiger partial charge is 0.462 e. The van der Waals surface area contributed by atoms with Gasteiger partial charge in [-0.25, -0.2) is 9.59 Å². The first kappa shape index (κ1) is 20.4. The number of nitrogens with zero attached hydrogens (tertiary/aromatic N) is 2. The van der Waals surface area contributed by atoms with E-state index in [1.165, 1.54) is 9.80 Å². The second-order valence-corrected chi connectivity index (χ2v) is 7.17. The van der Waals surface area contributed by atoms with Crippen LogP contribution in [0.15, 0.2) is 71.1 Å². The van der Waals surface area contributed by atoms with Crippen molar-refractivity contribution in [1.82, 2.24) is 9.80 Å². The van der Waals surface area contributed by atoms with Crippen LogP contribution in [-0.4, -0.2) is 40.9 Å². The second kappa shape index (κ2) is 8.87. The van der Waals surface area contributed by atoms with Crippen molar-refractivity contribution in [3.63, 3.8) is 0 Å². The Balaban J connectivity index is 1.41. The topological polar surface area (TPSA) is 80.1 Å². The van der Waals surface area contributed by atoms with Crippen LogP contribution in [0.4, 0.5) is 4.79 Å². The average Bonchev–Trinajstić information content (AvgIpc) is 3.35. The maximum atomic E-state index is 12.7. The Morgan fingerprint density at radius 1 is 0.968 bits per heavy atom. The van der Waals surface area contributed by atoms with E-state index in [0.717, 1.165) is 11.1 Å². The summed E-state index contributed by atoms with van der Waals surface area (Å²) in [5.74, 6) is 0.596. The summed E-state index contributed by atoms with van der Waals surface area (Å²) in [6, 6.07) is 19.6. The summed E-state index contributed by atoms with van der Waals surface area (Å²) in [4.78, 5) is 39.5. The lowest BCUT2D eigenvalue weighted by molar-refractivity contribution is -0.125. The molecule has 0 radical (unpaired) electrons. The fourth-order valence-electron chi connectivity index (χ4n) is 3.43. The molecular formula is C24H22N2O5. The summed E-state index contributed by atoms with van der Waals surface area (Å²) in [7, 11) is 0. The molecule has 1 aromatic heterocycles. The van der Waals surface area contributed by atoms with Crippen molar-refractivity contribution < 1.29 is 23.5 Å². The Bertz CT molecular complexity index is 1090. The minimum Gasteiger partial charge on any atom is -0.462 e. The van der Waals surface area contributed by atoms with Crippen molar-refractivity contribution in [2.75, 3.05) is 13.2 Å². The molecular weight excluding hydrogens is 396 g/mol. The molecule has 2 heterocycles. The molecule has 7 nitrogen and oxygen atoms in total. The summed E-state index contributed by atoms with van der Waals surface area (Å²) >= 11 is 0. The zero-order valence-corrected chi connectivity index (χ0v) is 17.1. The number of imide groups is 1. The predicted molar refractivity (Wildman–Crippen MR) is 113 cm³/mol. The molecule has 158 valence electrons. The summed E-state index contributed by atoms with van der Waals surface area (Å²) in [5, 5.41) is 0. The maximum absolute atomic E-state index is 12.7. The zero-order valence-electron chi connectivity index (χ0n) is 17.1. The summed E-state index contributed by atoms with van der Waals surface area (Å²) in [5.41, 5.74) is 2.17. The molecule has 0 saturated carbocycles. The lowest BCUT2D eigenvalue weighted by Crippen LogP contribution is -2.32. The van der Waals surface area contributed by atoms with E-state index in [-0.39, 0.29) is 37.5 Å². The molecule has 1 fully saturated rings. The lowest BCUT2D eigenvalue weighted by Gasteiger charge is -2.16. The van der Waals surface area contributed by atoms with Gasteiger partial charge in [0.15, 0.2) is 0 Å². The van der Waals surface area contributed by atoms with Crippen LogP contribution in [0.25, 0.3) is 11.3 Å². The number of ether oxygens (including phenoxy) is 1. The van der Waals surface area contributed by atoms with Gasteiger partial charge in [0, 0.05) is 5.56 Å². The molecule has 0 atom stereocenters. The first-order valence-corrected chi connectivity index (χ1v) is 10.0. The van der Waals surface area contributed by atoms with Gasteiger partial charge in [-0.1, -0.05) is 42.5 Å². The van der Waals surface area contributed by atoms with Crippen LogP contribution < -0.4 is 0 Å².